The maximum atomic E-state index is 11.5. The largest absolute Gasteiger partial charge is 0.289 e. The molecule has 0 saturated carbocycles. The fourth-order valence-electron chi connectivity index (χ4n) is 2.00. The molecule has 1 aromatic carbocycles. The van der Waals surface area contributed by atoms with E-state index in [1.54, 1.807) is 6.08 Å². The van der Waals surface area contributed by atoms with Gasteiger partial charge in [-0.15, -0.1) is 0 Å². The number of allylic oxidation sites excluding steroid dienone is 2. The number of ketones is 1. The first kappa shape index (κ1) is 9.20. The van der Waals surface area contributed by atoms with E-state index in [2.05, 4.69) is 13.0 Å². The lowest BCUT2D eigenvalue weighted by atomic mass is 9.85. The SMILES string of the molecule is CCCC1C=CC(=O)c2ccccc21. The van der Waals surface area contributed by atoms with Crippen LogP contribution in [0.4, 0.5) is 0 Å². The van der Waals surface area contributed by atoms with Gasteiger partial charge in [-0.2, -0.15) is 0 Å². The molecule has 1 aliphatic rings. The van der Waals surface area contributed by atoms with Crippen molar-refractivity contribution < 1.29 is 4.79 Å². The number of carbonyl (C=O) groups excluding carboxylic acids is 1. The molecule has 1 aromatic rings. The van der Waals surface area contributed by atoms with Crippen LogP contribution in [0.25, 0.3) is 0 Å². The lowest BCUT2D eigenvalue weighted by Crippen LogP contribution is -2.09. The molecule has 0 N–H and O–H groups in total. The Morgan fingerprint density at radius 3 is 2.86 bits per heavy atom. The zero-order chi connectivity index (χ0) is 9.97. The van der Waals surface area contributed by atoms with Gasteiger partial charge < -0.3 is 0 Å². The van der Waals surface area contributed by atoms with Crippen LogP contribution in [-0.2, 0) is 0 Å². The van der Waals surface area contributed by atoms with E-state index >= 15 is 0 Å². The average molecular weight is 186 g/mol. The third-order valence-electron chi connectivity index (χ3n) is 2.71. The Kier molecular flexibility index (Phi) is 2.49. The molecule has 0 aliphatic heterocycles. The van der Waals surface area contributed by atoms with Crippen LogP contribution in [-0.4, -0.2) is 5.78 Å². The summed E-state index contributed by atoms with van der Waals surface area (Å²) in [5, 5.41) is 0. The van der Waals surface area contributed by atoms with Crippen molar-refractivity contribution in [3.63, 3.8) is 0 Å². The Labute approximate surface area is 84.5 Å². The van der Waals surface area contributed by atoms with Crippen LogP contribution in [0.1, 0.15) is 41.6 Å². The summed E-state index contributed by atoms with van der Waals surface area (Å²) in [7, 11) is 0. The van der Waals surface area contributed by atoms with Crippen LogP contribution < -0.4 is 0 Å². The second-order valence-corrected chi connectivity index (χ2v) is 3.71. The third-order valence-corrected chi connectivity index (χ3v) is 2.71. The first-order chi connectivity index (χ1) is 6.83. The van der Waals surface area contributed by atoms with E-state index in [1.807, 2.05) is 24.3 Å². The molecule has 1 atom stereocenters. The predicted octanol–water partition coefficient (Wildman–Crippen LogP) is 3.32. The molecule has 0 heterocycles. The molecule has 0 bridgehead atoms. The third kappa shape index (κ3) is 1.50. The van der Waals surface area contributed by atoms with Crippen molar-refractivity contribution in [3.8, 4) is 0 Å². The number of fused-ring (bicyclic) bond motifs is 1. The van der Waals surface area contributed by atoms with Crippen LogP contribution in [0, 0.1) is 0 Å². The van der Waals surface area contributed by atoms with E-state index in [1.165, 1.54) is 5.56 Å². The highest BCUT2D eigenvalue weighted by Gasteiger charge is 2.19. The molecule has 0 fully saturated rings. The molecule has 0 radical (unpaired) electrons. The van der Waals surface area contributed by atoms with Crippen molar-refractivity contribution in [2.75, 3.05) is 0 Å². The first-order valence-electron chi connectivity index (χ1n) is 5.14. The monoisotopic (exact) mass is 186 g/mol. The van der Waals surface area contributed by atoms with Gasteiger partial charge in [0.05, 0.1) is 0 Å². The summed E-state index contributed by atoms with van der Waals surface area (Å²) in [6.45, 7) is 2.17. The zero-order valence-corrected chi connectivity index (χ0v) is 8.36. The summed E-state index contributed by atoms with van der Waals surface area (Å²) in [5.41, 5.74) is 2.08. The first-order valence-corrected chi connectivity index (χ1v) is 5.14. The second kappa shape index (κ2) is 3.79. The fraction of sp³-hybridized carbons (Fsp3) is 0.308. The Balaban J connectivity index is 2.42. The van der Waals surface area contributed by atoms with Crippen molar-refractivity contribution in [1.82, 2.24) is 0 Å². The van der Waals surface area contributed by atoms with Crippen LogP contribution in [0.15, 0.2) is 36.4 Å². The van der Waals surface area contributed by atoms with E-state index in [0.717, 1.165) is 18.4 Å². The van der Waals surface area contributed by atoms with Crippen molar-refractivity contribution >= 4 is 5.78 Å². The molecule has 1 unspecified atom stereocenters. The van der Waals surface area contributed by atoms with Gasteiger partial charge in [-0.3, -0.25) is 4.79 Å². The van der Waals surface area contributed by atoms with Gasteiger partial charge in [0.2, 0.25) is 0 Å². The number of hydrogen-bond donors (Lipinski definition) is 0. The topological polar surface area (TPSA) is 17.1 Å². The molecular weight excluding hydrogens is 172 g/mol. The summed E-state index contributed by atoms with van der Waals surface area (Å²) < 4.78 is 0. The number of rotatable bonds is 2. The fourth-order valence-corrected chi connectivity index (χ4v) is 2.00. The molecule has 0 amide bonds. The van der Waals surface area contributed by atoms with Gasteiger partial charge in [0.25, 0.3) is 0 Å². The van der Waals surface area contributed by atoms with Gasteiger partial charge in [0.15, 0.2) is 5.78 Å². The predicted molar refractivity (Wildman–Crippen MR) is 57.6 cm³/mol. The average Bonchev–Trinajstić information content (AvgIpc) is 2.23. The summed E-state index contributed by atoms with van der Waals surface area (Å²) in [6, 6.07) is 7.92. The Morgan fingerprint density at radius 2 is 2.07 bits per heavy atom. The molecule has 1 nitrogen and oxygen atoms in total. The van der Waals surface area contributed by atoms with Crippen molar-refractivity contribution in [2.24, 2.45) is 0 Å². The summed E-state index contributed by atoms with van der Waals surface area (Å²) in [6.07, 6.45) is 6.02. The molecule has 2 rings (SSSR count). The van der Waals surface area contributed by atoms with Gasteiger partial charge in [-0.25, -0.2) is 0 Å². The molecule has 72 valence electrons. The standard InChI is InChI=1S/C13H14O/c1-2-5-10-8-9-13(14)12-7-4-3-6-11(10)12/h3-4,6-10H,2,5H2,1H3. The Bertz CT molecular complexity index is 377. The Morgan fingerprint density at radius 1 is 1.29 bits per heavy atom. The van der Waals surface area contributed by atoms with Crippen LogP contribution in [0.3, 0.4) is 0 Å². The smallest absolute Gasteiger partial charge is 0.185 e. The molecular formula is C13H14O. The van der Waals surface area contributed by atoms with E-state index in [0.29, 0.717) is 5.92 Å². The highest BCUT2D eigenvalue weighted by Crippen LogP contribution is 2.29. The summed E-state index contributed by atoms with van der Waals surface area (Å²) >= 11 is 0. The van der Waals surface area contributed by atoms with E-state index in [9.17, 15) is 4.79 Å². The van der Waals surface area contributed by atoms with E-state index < -0.39 is 0 Å². The molecule has 0 aromatic heterocycles. The highest BCUT2D eigenvalue weighted by atomic mass is 16.1. The van der Waals surface area contributed by atoms with Gasteiger partial charge in [-0.1, -0.05) is 43.7 Å². The highest BCUT2D eigenvalue weighted by molar-refractivity contribution is 6.07. The Hall–Kier alpha value is -1.37. The van der Waals surface area contributed by atoms with Crippen LogP contribution in [0.5, 0.6) is 0 Å². The number of benzene rings is 1. The number of carbonyl (C=O) groups is 1. The zero-order valence-electron chi connectivity index (χ0n) is 8.36. The van der Waals surface area contributed by atoms with E-state index in [-0.39, 0.29) is 5.78 Å². The van der Waals surface area contributed by atoms with Crippen LogP contribution >= 0.6 is 0 Å². The quantitative estimate of drug-likeness (QED) is 0.692. The van der Waals surface area contributed by atoms with Gasteiger partial charge >= 0.3 is 0 Å². The maximum absolute atomic E-state index is 11.5. The molecule has 1 aliphatic carbocycles. The summed E-state index contributed by atoms with van der Waals surface area (Å²) in [4.78, 5) is 11.5. The second-order valence-electron chi connectivity index (χ2n) is 3.71. The minimum Gasteiger partial charge on any atom is -0.289 e. The van der Waals surface area contributed by atoms with Gasteiger partial charge in [-0.05, 0) is 18.1 Å². The van der Waals surface area contributed by atoms with Crippen molar-refractivity contribution in [3.05, 3.63) is 47.5 Å². The minimum absolute atomic E-state index is 0.146. The van der Waals surface area contributed by atoms with Crippen molar-refractivity contribution in [2.45, 2.75) is 25.7 Å². The minimum atomic E-state index is 0.146. The van der Waals surface area contributed by atoms with Gasteiger partial charge in [0, 0.05) is 11.5 Å². The van der Waals surface area contributed by atoms with Crippen LogP contribution in [0.2, 0.25) is 0 Å². The molecule has 0 spiro atoms. The van der Waals surface area contributed by atoms with E-state index in [4.69, 9.17) is 0 Å². The van der Waals surface area contributed by atoms with Crippen molar-refractivity contribution in [1.29, 1.82) is 0 Å². The van der Waals surface area contributed by atoms with Gasteiger partial charge in [0.1, 0.15) is 0 Å². The lowest BCUT2D eigenvalue weighted by molar-refractivity contribution is 0.104. The lowest BCUT2D eigenvalue weighted by Gasteiger charge is -2.19. The molecule has 14 heavy (non-hydrogen) atoms. The normalized spacial score (nSPS) is 19.5. The number of hydrogen-bond acceptors (Lipinski definition) is 1. The maximum Gasteiger partial charge on any atom is 0.185 e. The molecule has 1 heteroatoms. The molecule has 0 saturated heterocycles. The summed E-state index contributed by atoms with van der Waals surface area (Å²) in [5.74, 6) is 0.585.